The summed E-state index contributed by atoms with van der Waals surface area (Å²) >= 11 is 0. The molecule has 0 spiro atoms. The van der Waals surface area contributed by atoms with Gasteiger partial charge in [0.25, 0.3) is 0 Å². The maximum Gasteiger partial charge on any atom is 0.166 e. The van der Waals surface area contributed by atoms with Crippen molar-refractivity contribution in [3.05, 3.63) is 152 Å². The normalized spacial score (nSPS) is 11.8. The number of hydrogen-bond acceptors (Lipinski definition) is 5. The third-order valence-electron chi connectivity index (χ3n) is 9.13. The van der Waals surface area contributed by atoms with Crippen LogP contribution in [0.1, 0.15) is 0 Å². The Labute approximate surface area is 274 Å². The average Bonchev–Trinajstić information content (AvgIpc) is 3.72. The van der Waals surface area contributed by atoms with Gasteiger partial charge in [-0.2, -0.15) is 0 Å². The molecule has 6 heteroatoms. The van der Waals surface area contributed by atoms with Gasteiger partial charge in [0.2, 0.25) is 0 Å². The Balaban J connectivity index is 1.28. The van der Waals surface area contributed by atoms with Crippen LogP contribution in [-0.4, -0.2) is 24.5 Å². The molecule has 0 N–H and O–H groups in total. The van der Waals surface area contributed by atoms with Gasteiger partial charge in [-0.05, 0) is 35.7 Å². The van der Waals surface area contributed by atoms with Crippen LogP contribution in [-0.2, 0) is 0 Å². The van der Waals surface area contributed by atoms with Crippen LogP contribution in [0.5, 0.6) is 0 Å². The lowest BCUT2D eigenvalue weighted by Crippen LogP contribution is -2.01. The molecule has 0 fully saturated rings. The van der Waals surface area contributed by atoms with Crippen molar-refractivity contribution in [1.29, 1.82) is 0 Å². The molecule has 4 aromatic heterocycles. The van der Waals surface area contributed by atoms with Crippen LogP contribution in [0, 0.1) is 0 Å². The molecular weight excluding hydrogens is 590 g/mol. The molecule has 0 saturated heterocycles. The molecule has 0 bridgehead atoms. The zero-order chi connectivity index (χ0) is 31.6. The monoisotopic (exact) mass is 615 g/mol. The number of benzene rings is 6. The molecule has 6 aromatic carbocycles. The Morgan fingerprint density at radius 1 is 0.458 bits per heavy atom. The fourth-order valence-electron chi connectivity index (χ4n) is 7.02. The van der Waals surface area contributed by atoms with E-state index >= 15 is 0 Å². The van der Waals surface area contributed by atoms with Crippen LogP contribution < -0.4 is 0 Å². The summed E-state index contributed by atoms with van der Waals surface area (Å²) in [5.41, 5.74) is 7.45. The highest BCUT2D eigenvalue weighted by Gasteiger charge is 2.22. The summed E-state index contributed by atoms with van der Waals surface area (Å²) in [5, 5.41) is 6.32. The second kappa shape index (κ2) is 10.4. The van der Waals surface area contributed by atoms with Gasteiger partial charge in [-0.15, -0.1) is 0 Å². The summed E-state index contributed by atoms with van der Waals surface area (Å²) < 4.78 is 8.78. The van der Waals surface area contributed by atoms with Gasteiger partial charge in [-0.3, -0.25) is 4.98 Å². The van der Waals surface area contributed by atoms with E-state index in [4.69, 9.17) is 19.4 Å². The minimum atomic E-state index is 0.539. The predicted octanol–water partition coefficient (Wildman–Crippen LogP) is 10.4. The number of fused-ring (bicyclic) bond motifs is 8. The van der Waals surface area contributed by atoms with E-state index in [-0.39, 0.29) is 0 Å². The van der Waals surface area contributed by atoms with Crippen molar-refractivity contribution in [3.63, 3.8) is 0 Å². The van der Waals surface area contributed by atoms with E-state index in [9.17, 15) is 0 Å². The molecule has 0 aliphatic carbocycles. The maximum absolute atomic E-state index is 6.47. The molecule has 0 radical (unpaired) electrons. The van der Waals surface area contributed by atoms with E-state index in [1.807, 2.05) is 54.7 Å². The third-order valence-corrected chi connectivity index (χ3v) is 9.13. The van der Waals surface area contributed by atoms with Gasteiger partial charge in [0.1, 0.15) is 5.58 Å². The highest BCUT2D eigenvalue weighted by Crippen LogP contribution is 2.41. The zero-order valence-corrected chi connectivity index (χ0v) is 25.6. The molecule has 0 unspecified atom stereocenters. The molecule has 10 rings (SSSR count). The molecule has 0 atom stereocenters. The summed E-state index contributed by atoms with van der Waals surface area (Å²) in [7, 11) is 0. The first-order valence-corrected chi connectivity index (χ1v) is 15.9. The second-order valence-corrected chi connectivity index (χ2v) is 11.9. The van der Waals surface area contributed by atoms with E-state index in [2.05, 4.69) is 101 Å². The minimum Gasteiger partial charge on any atom is -0.454 e. The Kier molecular flexibility index (Phi) is 5.77. The Bertz CT molecular complexity index is 2840. The minimum absolute atomic E-state index is 0.539. The quantitative estimate of drug-likeness (QED) is 0.197. The molecule has 6 nitrogen and oxygen atoms in total. The van der Waals surface area contributed by atoms with Crippen LogP contribution in [0.3, 0.4) is 0 Å². The smallest absolute Gasteiger partial charge is 0.166 e. The topological polar surface area (TPSA) is 69.6 Å². The van der Waals surface area contributed by atoms with Crippen LogP contribution in [0.2, 0.25) is 0 Å². The van der Waals surface area contributed by atoms with E-state index < -0.39 is 0 Å². The average molecular weight is 616 g/mol. The Morgan fingerprint density at radius 2 is 1.15 bits per heavy atom. The lowest BCUT2D eigenvalue weighted by molar-refractivity contribution is 0.670. The molecule has 0 aliphatic heterocycles. The van der Waals surface area contributed by atoms with Crippen molar-refractivity contribution in [3.8, 4) is 39.9 Å². The maximum atomic E-state index is 6.47. The van der Waals surface area contributed by atoms with Crippen molar-refractivity contribution in [1.82, 2.24) is 24.5 Å². The Hall–Kier alpha value is -6.66. The van der Waals surface area contributed by atoms with E-state index in [1.165, 1.54) is 0 Å². The molecule has 224 valence electrons. The van der Waals surface area contributed by atoms with Gasteiger partial charge >= 0.3 is 0 Å². The van der Waals surface area contributed by atoms with Crippen molar-refractivity contribution in [2.24, 2.45) is 0 Å². The first-order valence-electron chi connectivity index (χ1n) is 15.9. The summed E-state index contributed by atoms with van der Waals surface area (Å²) in [6.07, 6.45) is 3.61. The number of nitrogens with zero attached hydrogens (tertiary/aromatic N) is 5. The molecule has 0 saturated carbocycles. The standard InChI is InChI=1S/C42H25N5O/c1-3-13-27(14-4-1)40-44-41(32-19-11-21-35-37(32)30-18-9-10-20-34(30)47(35)28-15-5-2-6-16-28)46-42(45-40)33-24-43-25-36-38(33)31-23-22-26-12-7-8-17-29(26)39(31)48-36/h1-25H. The van der Waals surface area contributed by atoms with Crippen LogP contribution in [0.25, 0.3) is 94.4 Å². The highest BCUT2D eigenvalue weighted by atomic mass is 16.3. The summed E-state index contributed by atoms with van der Waals surface area (Å²) in [4.78, 5) is 20.0. The summed E-state index contributed by atoms with van der Waals surface area (Å²) in [5.74, 6) is 1.72. The second-order valence-electron chi connectivity index (χ2n) is 11.9. The van der Waals surface area contributed by atoms with Gasteiger partial charge in [0.05, 0.1) is 17.2 Å². The van der Waals surface area contributed by atoms with Crippen molar-refractivity contribution >= 4 is 54.5 Å². The lowest BCUT2D eigenvalue weighted by atomic mass is 10.0. The third kappa shape index (κ3) is 3.99. The van der Waals surface area contributed by atoms with E-state index in [1.54, 1.807) is 6.20 Å². The molecule has 0 amide bonds. The first kappa shape index (κ1) is 26.5. The summed E-state index contributed by atoms with van der Waals surface area (Å²) in [6, 6.07) is 47.9. The molecule has 4 heterocycles. The molecular formula is C42H25N5O. The highest BCUT2D eigenvalue weighted by molar-refractivity contribution is 6.19. The van der Waals surface area contributed by atoms with E-state index in [0.29, 0.717) is 23.1 Å². The number of para-hydroxylation sites is 2. The predicted molar refractivity (Wildman–Crippen MR) is 193 cm³/mol. The van der Waals surface area contributed by atoms with Gasteiger partial charge in [-0.1, -0.05) is 109 Å². The number of rotatable bonds is 4. The van der Waals surface area contributed by atoms with Gasteiger partial charge in [0.15, 0.2) is 23.1 Å². The number of pyridine rings is 1. The molecule has 0 aliphatic rings. The van der Waals surface area contributed by atoms with Gasteiger partial charge in [0, 0.05) is 55.5 Å². The SMILES string of the molecule is c1ccc(-c2nc(-c3cncc4oc5c6ccccc6ccc5c34)nc(-c3cccc4c3c3ccccc3n4-c3ccccc3)n2)cc1. The molecule has 48 heavy (non-hydrogen) atoms. The number of furan rings is 1. The van der Waals surface area contributed by atoms with Crippen LogP contribution >= 0.6 is 0 Å². The van der Waals surface area contributed by atoms with Gasteiger partial charge < -0.3 is 8.98 Å². The van der Waals surface area contributed by atoms with Crippen molar-refractivity contribution in [2.45, 2.75) is 0 Å². The van der Waals surface area contributed by atoms with Crippen molar-refractivity contribution in [2.75, 3.05) is 0 Å². The van der Waals surface area contributed by atoms with Crippen LogP contribution in [0.15, 0.2) is 156 Å². The van der Waals surface area contributed by atoms with E-state index in [0.717, 1.165) is 71.3 Å². The van der Waals surface area contributed by atoms with Gasteiger partial charge in [-0.25, -0.2) is 15.0 Å². The lowest BCUT2D eigenvalue weighted by Gasteiger charge is -2.11. The first-order chi connectivity index (χ1) is 23.8. The fraction of sp³-hybridized carbons (Fsp3) is 0. The number of aromatic nitrogens is 5. The fourth-order valence-corrected chi connectivity index (χ4v) is 7.02. The van der Waals surface area contributed by atoms with Crippen LogP contribution in [0.4, 0.5) is 0 Å². The van der Waals surface area contributed by atoms with Crippen molar-refractivity contribution < 1.29 is 4.42 Å². The molecule has 10 aromatic rings. The zero-order valence-electron chi connectivity index (χ0n) is 25.6. The Morgan fingerprint density at radius 3 is 2.00 bits per heavy atom. The largest absolute Gasteiger partial charge is 0.454 e. The number of hydrogen-bond donors (Lipinski definition) is 0. The summed E-state index contributed by atoms with van der Waals surface area (Å²) in [6.45, 7) is 0.